The molecular formula is C22H35N3O10S3. The molecule has 1 aromatic rings. The Hall–Kier alpha value is -1.95. The quantitative estimate of drug-likeness (QED) is 0.185. The Morgan fingerprint density at radius 1 is 1.21 bits per heavy atom. The summed E-state index contributed by atoms with van der Waals surface area (Å²) in [6, 6.07) is 0.925. The summed E-state index contributed by atoms with van der Waals surface area (Å²) in [5.74, 6) is -1.66. The maximum Gasteiger partial charge on any atom is 0.347 e. The molecule has 0 aliphatic carbocycles. The third-order valence-corrected chi connectivity index (χ3v) is 10.8. The third kappa shape index (κ3) is 8.03. The fourth-order valence-corrected chi connectivity index (χ4v) is 8.23. The van der Waals surface area contributed by atoms with Crippen molar-refractivity contribution in [1.82, 2.24) is 9.62 Å². The number of nitrogens with one attached hydrogen (secondary N) is 1. The molecule has 2 rings (SSSR count). The second kappa shape index (κ2) is 13.9. The lowest BCUT2D eigenvalue weighted by molar-refractivity contribution is -0.173. The van der Waals surface area contributed by atoms with Crippen LogP contribution in [0.2, 0.25) is 0 Å². The Morgan fingerprint density at radius 3 is 2.47 bits per heavy atom. The first-order chi connectivity index (χ1) is 17.8. The minimum atomic E-state index is -4.30. The number of sulfonamides is 2. The van der Waals surface area contributed by atoms with Gasteiger partial charge in [0, 0.05) is 45.5 Å². The first kappa shape index (κ1) is 32.3. The van der Waals surface area contributed by atoms with Crippen molar-refractivity contribution in [3.63, 3.8) is 0 Å². The van der Waals surface area contributed by atoms with E-state index >= 15 is 0 Å². The van der Waals surface area contributed by atoms with E-state index in [0.29, 0.717) is 36.5 Å². The largest absolute Gasteiger partial charge is 0.454 e. The molecule has 2 heterocycles. The number of esters is 2. The zero-order valence-electron chi connectivity index (χ0n) is 22.2. The van der Waals surface area contributed by atoms with E-state index in [9.17, 15) is 26.4 Å². The van der Waals surface area contributed by atoms with Gasteiger partial charge in [-0.15, -0.1) is 11.3 Å². The van der Waals surface area contributed by atoms with Gasteiger partial charge in [0.05, 0.1) is 6.21 Å². The predicted octanol–water partition coefficient (Wildman–Crippen LogP) is 1.10. The van der Waals surface area contributed by atoms with E-state index in [1.165, 1.54) is 45.4 Å². The number of rotatable bonds is 14. The minimum Gasteiger partial charge on any atom is -0.454 e. The van der Waals surface area contributed by atoms with Crippen molar-refractivity contribution in [3.8, 4) is 0 Å². The second-order valence-electron chi connectivity index (χ2n) is 8.46. The lowest BCUT2D eigenvalue weighted by Crippen LogP contribution is -2.43. The molecule has 13 nitrogen and oxygen atoms in total. The van der Waals surface area contributed by atoms with Crippen LogP contribution in [0.4, 0.5) is 0 Å². The summed E-state index contributed by atoms with van der Waals surface area (Å²) >= 11 is 0.624. The van der Waals surface area contributed by atoms with E-state index < -0.39 is 56.3 Å². The number of carbonyl (C=O) groups is 2. The van der Waals surface area contributed by atoms with Gasteiger partial charge in [-0.3, -0.25) is 0 Å². The zero-order valence-corrected chi connectivity index (χ0v) is 24.7. The molecule has 4 atom stereocenters. The van der Waals surface area contributed by atoms with Gasteiger partial charge < -0.3 is 24.3 Å². The average molecular weight is 598 g/mol. The van der Waals surface area contributed by atoms with Gasteiger partial charge in [-0.2, -0.15) is 17.1 Å². The molecule has 0 radical (unpaired) electrons. The van der Waals surface area contributed by atoms with Crippen LogP contribution < -0.4 is 5.32 Å². The van der Waals surface area contributed by atoms with Crippen LogP contribution in [0.15, 0.2) is 18.9 Å². The lowest BCUT2D eigenvalue weighted by atomic mass is 10.1. The van der Waals surface area contributed by atoms with Crippen molar-refractivity contribution in [3.05, 3.63) is 11.6 Å². The van der Waals surface area contributed by atoms with Crippen molar-refractivity contribution in [2.45, 2.75) is 66.9 Å². The normalized spacial score (nSPS) is 20.0. The van der Waals surface area contributed by atoms with Crippen molar-refractivity contribution in [2.24, 2.45) is 4.40 Å². The molecule has 1 N–H and O–H groups in total. The molecular weight excluding hydrogens is 562 g/mol. The van der Waals surface area contributed by atoms with E-state index in [2.05, 4.69) is 9.71 Å². The Balaban J connectivity index is 2.20. The van der Waals surface area contributed by atoms with E-state index in [1.54, 1.807) is 0 Å². The summed E-state index contributed by atoms with van der Waals surface area (Å²) in [7, 11) is -5.37. The first-order valence-corrected chi connectivity index (χ1v) is 15.6. The molecule has 1 aliphatic heterocycles. The molecule has 3 unspecified atom stereocenters. The highest BCUT2D eigenvalue weighted by molar-refractivity contribution is 7.94. The highest BCUT2D eigenvalue weighted by atomic mass is 32.3. The van der Waals surface area contributed by atoms with Crippen molar-refractivity contribution < 1.29 is 45.4 Å². The van der Waals surface area contributed by atoms with Crippen LogP contribution in [0.25, 0.3) is 0 Å². The summed E-state index contributed by atoms with van der Waals surface area (Å²) in [5.41, 5.74) is 0.369. The van der Waals surface area contributed by atoms with Gasteiger partial charge >= 0.3 is 11.9 Å². The number of carbonyl (C=O) groups excluding carboxylic acids is 2. The molecule has 0 spiro atoms. The minimum absolute atomic E-state index is 0.0544. The molecule has 0 fully saturated rings. The molecule has 216 valence electrons. The number of ether oxygens (including phenoxy) is 4. The summed E-state index contributed by atoms with van der Waals surface area (Å²) in [6.45, 7) is 7.34. The number of fused-ring (bicyclic) bond motifs is 1. The maximum atomic E-state index is 13.2. The van der Waals surface area contributed by atoms with Crippen LogP contribution in [-0.4, -0.2) is 98.1 Å². The second-order valence-corrected chi connectivity index (χ2v) is 13.5. The fraction of sp³-hybridized carbons (Fsp3) is 0.682. The number of thiophene rings is 1. The summed E-state index contributed by atoms with van der Waals surface area (Å²) in [4.78, 5) is 23.9. The van der Waals surface area contributed by atoms with Gasteiger partial charge in [-0.1, -0.05) is 6.92 Å². The van der Waals surface area contributed by atoms with Crippen molar-refractivity contribution in [1.29, 1.82) is 0 Å². The SMILES string of the molecule is CCN[C@H]1CN(CCCOC)S(=O)(=O)c2sc(S(=O)(=O)/N=C/C(C)OC(=O)C(C)OC(=O)C(C)OC)cc21. The Labute approximate surface area is 227 Å². The summed E-state index contributed by atoms with van der Waals surface area (Å²) in [6.07, 6.45) is -1.81. The number of likely N-dealkylation sites (N-methyl/N-ethyl adjacent to an activating group) is 1. The van der Waals surface area contributed by atoms with Gasteiger partial charge in [-0.05, 0) is 39.8 Å². The van der Waals surface area contributed by atoms with Crippen LogP contribution in [0.3, 0.4) is 0 Å². The van der Waals surface area contributed by atoms with Crippen LogP contribution in [-0.2, 0) is 48.6 Å². The van der Waals surface area contributed by atoms with Crippen LogP contribution in [0.5, 0.6) is 0 Å². The third-order valence-electron chi connectivity index (χ3n) is 5.52. The van der Waals surface area contributed by atoms with Crippen molar-refractivity contribution >= 4 is 49.5 Å². The number of nitrogens with zero attached hydrogens (tertiary/aromatic N) is 2. The molecule has 16 heteroatoms. The maximum absolute atomic E-state index is 13.2. The molecule has 0 aromatic carbocycles. The van der Waals surface area contributed by atoms with E-state index in [1.807, 2.05) is 6.92 Å². The van der Waals surface area contributed by atoms with E-state index in [-0.39, 0.29) is 21.5 Å². The van der Waals surface area contributed by atoms with Gasteiger partial charge in [0.15, 0.2) is 12.2 Å². The van der Waals surface area contributed by atoms with Crippen LogP contribution >= 0.6 is 11.3 Å². The molecule has 0 amide bonds. The van der Waals surface area contributed by atoms with Gasteiger partial charge in [-0.25, -0.2) is 18.0 Å². The van der Waals surface area contributed by atoms with E-state index in [4.69, 9.17) is 18.9 Å². The number of hydrogen-bond acceptors (Lipinski definition) is 12. The average Bonchev–Trinajstić information content (AvgIpc) is 3.33. The molecule has 38 heavy (non-hydrogen) atoms. The first-order valence-electron chi connectivity index (χ1n) is 11.9. The van der Waals surface area contributed by atoms with Gasteiger partial charge in [0.2, 0.25) is 0 Å². The topological polar surface area (TPSA) is 167 Å². The Morgan fingerprint density at radius 2 is 1.87 bits per heavy atom. The molecule has 0 saturated heterocycles. The standard InChI is InChI=1S/C22H35N3O10S3/c1-7-23-18-13-25(9-8-10-32-5)38(30,31)22-17(18)11-19(36-22)37(28,29)24-12-14(2)34-21(27)16(4)35-20(26)15(3)33-6/h11-12,14-16,18,23H,7-10,13H2,1-6H3/b24-12+/t14?,15?,16?,18-/m0/s1. The van der Waals surface area contributed by atoms with Crippen LogP contribution in [0, 0.1) is 0 Å². The predicted molar refractivity (Wildman–Crippen MR) is 139 cm³/mol. The molecule has 1 aliphatic rings. The monoisotopic (exact) mass is 597 g/mol. The fourth-order valence-electron chi connectivity index (χ4n) is 3.41. The number of methoxy groups -OCH3 is 2. The van der Waals surface area contributed by atoms with Gasteiger partial charge in [0.1, 0.15) is 14.5 Å². The van der Waals surface area contributed by atoms with Crippen molar-refractivity contribution in [2.75, 3.05) is 40.5 Å². The smallest absolute Gasteiger partial charge is 0.347 e. The summed E-state index contributed by atoms with van der Waals surface area (Å²) < 4.78 is 76.8. The van der Waals surface area contributed by atoms with Crippen LogP contribution in [0.1, 0.15) is 45.7 Å². The highest BCUT2D eigenvalue weighted by Gasteiger charge is 2.40. The zero-order chi connectivity index (χ0) is 28.7. The number of hydrogen-bond donors (Lipinski definition) is 1. The Bertz CT molecular complexity index is 1210. The summed E-state index contributed by atoms with van der Waals surface area (Å²) in [5, 5.41) is 3.20. The lowest BCUT2D eigenvalue weighted by Gasteiger charge is -2.32. The highest BCUT2D eigenvalue weighted by Crippen LogP contribution is 2.40. The molecule has 1 aromatic heterocycles. The molecule has 0 bridgehead atoms. The van der Waals surface area contributed by atoms with Gasteiger partial charge in [0.25, 0.3) is 20.0 Å². The molecule has 0 saturated carbocycles. The Kier molecular flexibility index (Phi) is 11.8. The van der Waals surface area contributed by atoms with E-state index in [0.717, 1.165) is 6.21 Å².